The molecule has 0 bridgehead atoms. The van der Waals surface area contributed by atoms with E-state index < -0.39 is 28.3 Å². The highest BCUT2D eigenvalue weighted by atomic mass is 32.2. The number of methoxy groups -OCH3 is 2. The number of benzene rings is 3. The van der Waals surface area contributed by atoms with Gasteiger partial charge in [0.2, 0.25) is 5.91 Å². The van der Waals surface area contributed by atoms with Crippen LogP contribution in [0.4, 0.5) is 10.1 Å². The van der Waals surface area contributed by atoms with Gasteiger partial charge in [-0.2, -0.15) is 0 Å². The Morgan fingerprint density at radius 2 is 1.67 bits per heavy atom. The van der Waals surface area contributed by atoms with E-state index in [2.05, 4.69) is 5.32 Å². The summed E-state index contributed by atoms with van der Waals surface area (Å²) >= 11 is 0. The number of hydrogen-bond acceptors (Lipinski definition) is 5. The van der Waals surface area contributed by atoms with E-state index in [4.69, 9.17) is 9.47 Å². The van der Waals surface area contributed by atoms with Crippen molar-refractivity contribution in [1.29, 1.82) is 0 Å². The van der Waals surface area contributed by atoms with Crippen molar-refractivity contribution in [3.8, 4) is 11.5 Å². The molecule has 33 heavy (non-hydrogen) atoms. The molecule has 3 rings (SSSR count). The number of sulfonamides is 1. The number of nitrogens with one attached hydrogen (secondary N) is 1. The van der Waals surface area contributed by atoms with E-state index in [1.54, 1.807) is 30.3 Å². The van der Waals surface area contributed by atoms with Gasteiger partial charge in [0.1, 0.15) is 12.4 Å². The van der Waals surface area contributed by atoms with Gasteiger partial charge in [-0.05, 0) is 48.9 Å². The van der Waals surface area contributed by atoms with Crippen LogP contribution in [0, 0.1) is 12.7 Å². The van der Waals surface area contributed by atoms with Crippen LogP contribution >= 0.6 is 0 Å². The second kappa shape index (κ2) is 10.4. The number of hydrogen-bond donors (Lipinski definition) is 1. The standard InChI is InChI=1S/C24H25FN2O5S/c1-17-7-9-20(10-8-17)27(16-24(28)26-15-18-5-4-6-19(25)13-18)33(29,30)21-11-12-22(31-2)23(14-21)32-3/h4-14H,15-16H2,1-3H3,(H,26,28). The lowest BCUT2D eigenvalue weighted by molar-refractivity contribution is -0.119. The third-order valence-electron chi connectivity index (χ3n) is 4.93. The number of nitrogens with zero attached hydrogens (tertiary/aromatic N) is 1. The Bertz CT molecular complexity index is 1230. The fraction of sp³-hybridized carbons (Fsp3) is 0.208. The summed E-state index contributed by atoms with van der Waals surface area (Å²) in [5, 5.41) is 2.65. The van der Waals surface area contributed by atoms with E-state index in [0.29, 0.717) is 17.0 Å². The van der Waals surface area contributed by atoms with Gasteiger partial charge >= 0.3 is 0 Å². The molecule has 0 heterocycles. The van der Waals surface area contributed by atoms with Gasteiger partial charge in [0, 0.05) is 12.6 Å². The van der Waals surface area contributed by atoms with E-state index in [1.807, 2.05) is 6.92 Å². The van der Waals surface area contributed by atoms with Crippen LogP contribution in [0.15, 0.2) is 71.6 Å². The number of amides is 1. The minimum Gasteiger partial charge on any atom is -0.493 e. The normalized spacial score (nSPS) is 11.0. The second-order valence-corrected chi connectivity index (χ2v) is 9.13. The summed E-state index contributed by atoms with van der Waals surface area (Å²) in [5.41, 5.74) is 1.84. The maximum atomic E-state index is 13.5. The number of carbonyl (C=O) groups excluding carboxylic acids is 1. The SMILES string of the molecule is COc1ccc(S(=O)(=O)N(CC(=O)NCc2cccc(F)c2)c2ccc(C)cc2)cc1OC. The van der Waals surface area contributed by atoms with Crippen molar-refractivity contribution in [3.63, 3.8) is 0 Å². The van der Waals surface area contributed by atoms with Crippen molar-refractivity contribution in [2.24, 2.45) is 0 Å². The first-order valence-corrected chi connectivity index (χ1v) is 11.5. The molecular weight excluding hydrogens is 447 g/mol. The fourth-order valence-electron chi connectivity index (χ4n) is 3.16. The van der Waals surface area contributed by atoms with Crippen molar-refractivity contribution >= 4 is 21.6 Å². The van der Waals surface area contributed by atoms with Gasteiger partial charge in [0.25, 0.3) is 10.0 Å². The third kappa shape index (κ3) is 5.81. The number of halogens is 1. The van der Waals surface area contributed by atoms with E-state index in [0.717, 1.165) is 9.87 Å². The molecule has 9 heteroatoms. The second-order valence-electron chi connectivity index (χ2n) is 7.27. The number of rotatable bonds is 9. The van der Waals surface area contributed by atoms with Crippen molar-refractivity contribution in [2.75, 3.05) is 25.1 Å². The average molecular weight is 473 g/mol. The lowest BCUT2D eigenvalue weighted by Crippen LogP contribution is -2.40. The Morgan fingerprint density at radius 3 is 2.30 bits per heavy atom. The molecule has 0 aromatic heterocycles. The molecule has 1 N–H and O–H groups in total. The minimum atomic E-state index is -4.13. The molecule has 7 nitrogen and oxygen atoms in total. The van der Waals surface area contributed by atoms with Crippen LogP contribution in [-0.4, -0.2) is 35.1 Å². The zero-order valence-corrected chi connectivity index (χ0v) is 19.4. The molecule has 3 aromatic rings. The highest BCUT2D eigenvalue weighted by molar-refractivity contribution is 7.92. The first-order chi connectivity index (χ1) is 15.7. The maximum Gasteiger partial charge on any atom is 0.264 e. The van der Waals surface area contributed by atoms with Crippen LogP contribution in [0.25, 0.3) is 0 Å². The minimum absolute atomic E-state index is 0.0568. The zero-order chi connectivity index (χ0) is 24.0. The summed E-state index contributed by atoms with van der Waals surface area (Å²) in [5.74, 6) is -0.327. The predicted octanol–water partition coefficient (Wildman–Crippen LogP) is 3.66. The van der Waals surface area contributed by atoms with Crippen molar-refractivity contribution in [1.82, 2.24) is 5.32 Å². The summed E-state index contributed by atoms with van der Waals surface area (Å²) in [4.78, 5) is 12.6. The van der Waals surface area contributed by atoms with Crippen LogP contribution in [-0.2, 0) is 21.4 Å². The van der Waals surface area contributed by atoms with E-state index in [1.165, 1.54) is 50.6 Å². The van der Waals surface area contributed by atoms with Gasteiger partial charge in [-0.1, -0.05) is 29.8 Å². The third-order valence-corrected chi connectivity index (χ3v) is 6.70. The van der Waals surface area contributed by atoms with E-state index in [9.17, 15) is 17.6 Å². The molecule has 174 valence electrons. The summed E-state index contributed by atoms with van der Waals surface area (Å²) in [7, 11) is -1.27. The molecule has 3 aromatic carbocycles. The fourth-order valence-corrected chi connectivity index (χ4v) is 4.60. The smallest absolute Gasteiger partial charge is 0.264 e. The molecule has 0 aliphatic heterocycles. The molecule has 0 atom stereocenters. The number of carbonyl (C=O) groups is 1. The zero-order valence-electron chi connectivity index (χ0n) is 18.5. The molecule has 0 spiro atoms. The lowest BCUT2D eigenvalue weighted by Gasteiger charge is -2.24. The molecular formula is C24H25FN2O5S. The van der Waals surface area contributed by atoms with Gasteiger partial charge in [0.15, 0.2) is 11.5 Å². The van der Waals surface area contributed by atoms with Gasteiger partial charge in [0.05, 0.1) is 24.8 Å². The van der Waals surface area contributed by atoms with Gasteiger partial charge in [-0.25, -0.2) is 12.8 Å². The first kappa shape index (κ1) is 24.1. The van der Waals surface area contributed by atoms with Crippen LogP contribution in [0.5, 0.6) is 11.5 Å². The van der Waals surface area contributed by atoms with Crippen LogP contribution in [0.3, 0.4) is 0 Å². The van der Waals surface area contributed by atoms with Gasteiger partial charge < -0.3 is 14.8 Å². The average Bonchev–Trinajstić information content (AvgIpc) is 2.81. The predicted molar refractivity (Wildman–Crippen MR) is 124 cm³/mol. The first-order valence-electron chi connectivity index (χ1n) is 10.1. The molecule has 0 fully saturated rings. The molecule has 0 aliphatic rings. The number of anilines is 1. The highest BCUT2D eigenvalue weighted by Gasteiger charge is 2.28. The van der Waals surface area contributed by atoms with Gasteiger partial charge in [-0.3, -0.25) is 9.10 Å². The summed E-state index contributed by atoms with van der Waals surface area (Å²) in [6.45, 7) is 1.48. The molecule has 1 amide bonds. The van der Waals surface area contributed by atoms with E-state index >= 15 is 0 Å². The Labute approximate surface area is 192 Å². The van der Waals surface area contributed by atoms with Crippen molar-refractivity contribution in [2.45, 2.75) is 18.4 Å². The Kier molecular flexibility index (Phi) is 7.55. The number of ether oxygens (including phenoxy) is 2. The Morgan fingerprint density at radius 1 is 0.970 bits per heavy atom. The Hall–Kier alpha value is -3.59. The van der Waals surface area contributed by atoms with Crippen molar-refractivity contribution in [3.05, 3.63) is 83.7 Å². The molecule has 0 saturated carbocycles. The summed E-state index contributed by atoms with van der Waals surface area (Å²) < 4.78 is 51.9. The summed E-state index contributed by atoms with van der Waals surface area (Å²) in [6, 6.07) is 16.8. The summed E-state index contributed by atoms with van der Waals surface area (Å²) in [6.07, 6.45) is 0. The molecule has 0 saturated heterocycles. The largest absolute Gasteiger partial charge is 0.493 e. The Balaban J connectivity index is 1.91. The number of aryl methyl sites for hydroxylation is 1. The van der Waals surface area contributed by atoms with Crippen LogP contribution in [0.2, 0.25) is 0 Å². The van der Waals surface area contributed by atoms with Crippen LogP contribution < -0.4 is 19.1 Å². The quantitative estimate of drug-likeness (QED) is 0.514. The van der Waals surface area contributed by atoms with Crippen LogP contribution in [0.1, 0.15) is 11.1 Å². The monoisotopic (exact) mass is 472 g/mol. The lowest BCUT2D eigenvalue weighted by atomic mass is 10.2. The maximum absolute atomic E-state index is 13.5. The van der Waals surface area contributed by atoms with E-state index in [-0.39, 0.29) is 17.2 Å². The molecule has 0 radical (unpaired) electrons. The highest BCUT2D eigenvalue weighted by Crippen LogP contribution is 2.32. The topological polar surface area (TPSA) is 84.9 Å². The van der Waals surface area contributed by atoms with Gasteiger partial charge in [-0.15, -0.1) is 0 Å². The molecule has 0 aliphatic carbocycles. The molecule has 0 unspecified atom stereocenters. The van der Waals surface area contributed by atoms with Crippen molar-refractivity contribution < 1.29 is 27.1 Å².